The van der Waals surface area contributed by atoms with Crippen LogP contribution in [0.4, 0.5) is 0 Å². The average Bonchev–Trinajstić information content (AvgIpc) is 3.12. The summed E-state index contributed by atoms with van der Waals surface area (Å²) >= 11 is 1.34. The Morgan fingerprint density at radius 3 is 3.16 bits per heavy atom. The standard InChI is InChI=1S/C18H17N3O3S/c22-16(9-21-11-20-14-5-6-25-17(14)18(21)23)19-8-12-7-13-3-1-2-4-15(13)24-10-12/h1-6,11-12H,7-10H2,(H,19,22). The van der Waals surface area contributed by atoms with Crippen molar-refractivity contribution in [3.63, 3.8) is 0 Å². The number of carbonyl (C=O) groups excluding carboxylic acids is 1. The van der Waals surface area contributed by atoms with Crippen LogP contribution >= 0.6 is 11.3 Å². The van der Waals surface area contributed by atoms with Gasteiger partial charge in [0, 0.05) is 12.5 Å². The first-order valence-corrected chi connectivity index (χ1v) is 8.99. The smallest absolute Gasteiger partial charge is 0.271 e. The molecule has 2 aromatic heterocycles. The lowest BCUT2D eigenvalue weighted by molar-refractivity contribution is -0.122. The predicted octanol–water partition coefficient (Wildman–Crippen LogP) is 1.83. The summed E-state index contributed by atoms with van der Waals surface area (Å²) in [4.78, 5) is 28.7. The number of aromatic nitrogens is 2. The largest absolute Gasteiger partial charge is 0.493 e. The van der Waals surface area contributed by atoms with E-state index in [9.17, 15) is 9.59 Å². The van der Waals surface area contributed by atoms with E-state index >= 15 is 0 Å². The fourth-order valence-corrected chi connectivity index (χ4v) is 3.77. The van der Waals surface area contributed by atoms with Crippen LogP contribution in [0.2, 0.25) is 0 Å². The SMILES string of the molecule is O=C(Cn1cnc2ccsc2c1=O)NCC1COc2ccccc2C1. The summed E-state index contributed by atoms with van der Waals surface area (Å²) in [5.41, 5.74) is 1.66. The highest BCUT2D eigenvalue weighted by Gasteiger charge is 2.20. The molecule has 0 aliphatic carbocycles. The van der Waals surface area contributed by atoms with Crippen molar-refractivity contribution in [1.29, 1.82) is 0 Å². The first kappa shape index (κ1) is 15.8. The van der Waals surface area contributed by atoms with Gasteiger partial charge in [-0.15, -0.1) is 11.3 Å². The Labute approximate surface area is 148 Å². The van der Waals surface area contributed by atoms with Crippen molar-refractivity contribution in [3.8, 4) is 5.75 Å². The molecule has 0 saturated heterocycles. The number of amides is 1. The maximum atomic E-state index is 12.3. The first-order chi connectivity index (χ1) is 12.2. The molecule has 1 aromatic carbocycles. The number of nitrogens with one attached hydrogen (secondary N) is 1. The zero-order valence-electron chi connectivity index (χ0n) is 13.5. The third-order valence-electron chi connectivity index (χ3n) is 4.29. The van der Waals surface area contributed by atoms with Gasteiger partial charge in [-0.2, -0.15) is 0 Å². The summed E-state index contributed by atoms with van der Waals surface area (Å²) < 4.78 is 7.65. The van der Waals surface area contributed by atoms with Crippen molar-refractivity contribution in [2.75, 3.05) is 13.2 Å². The monoisotopic (exact) mass is 355 g/mol. The molecule has 1 atom stereocenters. The number of thiophene rings is 1. The lowest BCUT2D eigenvalue weighted by atomic mass is 9.97. The maximum absolute atomic E-state index is 12.3. The molecule has 0 bridgehead atoms. The Bertz CT molecular complexity index is 979. The van der Waals surface area contributed by atoms with Crippen molar-refractivity contribution in [1.82, 2.24) is 14.9 Å². The molecule has 0 saturated carbocycles. The maximum Gasteiger partial charge on any atom is 0.271 e. The van der Waals surface area contributed by atoms with Crippen molar-refractivity contribution in [3.05, 3.63) is 58.0 Å². The molecular weight excluding hydrogens is 338 g/mol. The molecule has 0 radical (unpaired) electrons. The molecule has 3 aromatic rings. The molecule has 1 N–H and O–H groups in total. The van der Waals surface area contributed by atoms with Crippen LogP contribution in [-0.2, 0) is 17.8 Å². The minimum Gasteiger partial charge on any atom is -0.493 e. The molecular formula is C18H17N3O3S. The predicted molar refractivity (Wildman–Crippen MR) is 96.0 cm³/mol. The van der Waals surface area contributed by atoms with E-state index in [2.05, 4.69) is 10.3 Å². The average molecular weight is 355 g/mol. The van der Waals surface area contributed by atoms with Crippen LogP contribution in [0.25, 0.3) is 10.2 Å². The van der Waals surface area contributed by atoms with Gasteiger partial charge in [-0.25, -0.2) is 4.98 Å². The Morgan fingerprint density at radius 1 is 1.36 bits per heavy atom. The van der Waals surface area contributed by atoms with E-state index in [1.165, 1.54) is 22.2 Å². The van der Waals surface area contributed by atoms with Crippen LogP contribution in [-0.4, -0.2) is 28.6 Å². The molecule has 0 fully saturated rings. The van der Waals surface area contributed by atoms with Crippen LogP contribution in [0.3, 0.4) is 0 Å². The van der Waals surface area contributed by atoms with E-state index in [4.69, 9.17) is 4.74 Å². The quantitative estimate of drug-likeness (QED) is 0.775. The van der Waals surface area contributed by atoms with Crippen molar-refractivity contribution < 1.29 is 9.53 Å². The Kier molecular flexibility index (Phi) is 4.23. The van der Waals surface area contributed by atoms with Crippen molar-refractivity contribution in [2.45, 2.75) is 13.0 Å². The number of ether oxygens (including phenoxy) is 1. The van der Waals surface area contributed by atoms with Gasteiger partial charge in [0.2, 0.25) is 5.91 Å². The molecule has 6 nitrogen and oxygen atoms in total. The number of carbonyl (C=O) groups is 1. The summed E-state index contributed by atoms with van der Waals surface area (Å²) in [7, 11) is 0. The summed E-state index contributed by atoms with van der Waals surface area (Å²) in [5, 5.41) is 4.72. The normalized spacial score (nSPS) is 16.2. The van der Waals surface area contributed by atoms with Gasteiger partial charge in [-0.05, 0) is 29.5 Å². The summed E-state index contributed by atoms with van der Waals surface area (Å²) in [6, 6.07) is 9.75. The van der Waals surface area contributed by atoms with Gasteiger partial charge in [-0.1, -0.05) is 18.2 Å². The molecule has 7 heteroatoms. The zero-order valence-corrected chi connectivity index (χ0v) is 14.3. The molecule has 4 rings (SSSR count). The number of hydrogen-bond acceptors (Lipinski definition) is 5. The van der Waals surface area contributed by atoms with Gasteiger partial charge >= 0.3 is 0 Å². The van der Waals surface area contributed by atoms with E-state index in [-0.39, 0.29) is 23.9 Å². The van der Waals surface area contributed by atoms with E-state index in [0.717, 1.165) is 17.7 Å². The third kappa shape index (κ3) is 3.28. The number of benzene rings is 1. The van der Waals surface area contributed by atoms with Crippen LogP contribution in [0.5, 0.6) is 5.75 Å². The van der Waals surface area contributed by atoms with E-state index in [1.54, 1.807) is 6.07 Å². The Morgan fingerprint density at radius 2 is 2.24 bits per heavy atom. The second kappa shape index (κ2) is 6.68. The van der Waals surface area contributed by atoms with E-state index in [0.29, 0.717) is 23.4 Å². The lowest BCUT2D eigenvalue weighted by Crippen LogP contribution is -2.38. The van der Waals surface area contributed by atoms with Gasteiger partial charge in [-0.3, -0.25) is 14.2 Å². The fraction of sp³-hybridized carbons (Fsp3) is 0.278. The van der Waals surface area contributed by atoms with E-state index in [1.807, 2.05) is 29.6 Å². The van der Waals surface area contributed by atoms with Crippen molar-refractivity contribution in [2.24, 2.45) is 5.92 Å². The van der Waals surface area contributed by atoms with Crippen LogP contribution in [0.15, 0.2) is 46.8 Å². The number of hydrogen-bond donors (Lipinski definition) is 1. The Hall–Kier alpha value is -2.67. The van der Waals surface area contributed by atoms with Gasteiger partial charge in [0.05, 0.1) is 18.5 Å². The number of nitrogens with zero attached hydrogens (tertiary/aromatic N) is 2. The lowest BCUT2D eigenvalue weighted by Gasteiger charge is -2.25. The van der Waals surface area contributed by atoms with Gasteiger partial charge < -0.3 is 10.1 Å². The minimum absolute atomic E-state index is 0.0240. The second-order valence-corrected chi connectivity index (χ2v) is 7.02. The minimum atomic E-state index is -0.196. The summed E-state index contributed by atoms with van der Waals surface area (Å²) in [5.74, 6) is 0.957. The molecule has 25 heavy (non-hydrogen) atoms. The van der Waals surface area contributed by atoms with Gasteiger partial charge in [0.25, 0.3) is 5.56 Å². The zero-order chi connectivity index (χ0) is 17.2. The summed E-state index contributed by atoms with van der Waals surface area (Å²) in [6.07, 6.45) is 2.30. The highest BCUT2D eigenvalue weighted by Crippen LogP contribution is 2.26. The molecule has 1 aliphatic heterocycles. The topological polar surface area (TPSA) is 73.2 Å². The molecule has 1 aliphatic rings. The van der Waals surface area contributed by atoms with Gasteiger partial charge in [0.15, 0.2) is 0 Å². The number of para-hydroxylation sites is 1. The molecule has 128 valence electrons. The van der Waals surface area contributed by atoms with Crippen LogP contribution < -0.4 is 15.6 Å². The third-order valence-corrected chi connectivity index (χ3v) is 5.18. The number of fused-ring (bicyclic) bond motifs is 2. The fourth-order valence-electron chi connectivity index (χ4n) is 2.98. The molecule has 3 heterocycles. The molecule has 1 amide bonds. The molecule has 0 spiro atoms. The van der Waals surface area contributed by atoms with Crippen LogP contribution in [0.1, 0.15) is 5.56 Å². The van der Waals surface area contributed by atoms with Gasteiger partial charge in [0.1, 0.15) is 17.0 Å². The van der Waals surface area contributed by atoms with Crippen LogP contribution in [0, 0.1) is 5.92 Å². The summed E-state index contributed by atoms with van der Waals surface area (Å²) in [6.45, 7) is 1.08. The highest BCUT2D eigenvalue weighted by molar-refractivity contribution is 7.17. The van der Waals surface area contributed by atoms with E-state index < -0.39 is 0 Å². The first-order valence-electron chi connectivity index (χ1n) is 8.11. The Balaban J connectivity index is 1.36. The van der Waals surface area contributed by atoms with Crippen molar-refractivity contribution >= 4 is 27.5 Å². The number of rotatable bonds is 4. The highest BCUT2D eigenvalue weighted by atomic mass is 32.1. The second-order valence-electron chi connectivity index (χ2n) is 6.11. The molecule has 1 unspecified atom stereocenters.